The normalized spacial score (nSPS) is 20.5. The quantitative estimate of drug-likeness (QED) is 0.699. The largest absolute Gasteiger partial charge is 0.488 e. The van der Waals surface area contributed by atoms with Crippen LogP contribution in [-0.2, 0) is 10.3 Å². The lowest BCUT2D eigenvalue weighted by molar-refractivity contribution is -0.119. The maximum absolute atomic E-state index is 11.7. The van der Waals surface area contributed by atoms with Crippen molar-refractivity contribution in [2.24, 2.45) is 5.92 Å². The Bertz CT molecular complexity index is 1100. The Morgan fingerprint density at radius 2 is 1.97 bits per heavy atom. The Morgan fingerprint density at radius 1 is 1.17 bits per heavy atom. The van der Waals surface area contributed by atoms with Crippen LogP contribution in [0.15, 0.2) is 30.9 Å². The van der Waals surface area contributed by atoms with Gasteiger partial charge in [0.05, 0.1) is 17.9 Å². The van der Waals surface area contributed by atoms with E-state index in [-0.39, 0.29) is 23.5 Å². The van der Waals surface area contributed by atoms with E-state index in [0.717, 1.165) is 22.4 Å². The van der Waals surface area contributed by atoms with Gasteiger partial charge in [-0.2, -0.15) is 10.2 Å². The summed E-state index contributed by atoms with van der Waals surface area (Å²) in [4.78, 5) is 11.7. The summed E-state index contributed by atoms with van der Waals surface area (Å²) < 4.78 is 10.4. The zero-order chi connectivity index (χ0) is 21.0. The molecule has 1 saturated carbocycles. The van der Waals surface area contributed by atoms with Crippen molar-refractivity contribution >= 4 is 11.4 Å². The summed E-state index contributed by atoms with van der Waals surface area (Å²) in [6, 6.07) is 2.10. The number of hydrogen-bond donors (Lipinski definition) is 1. The summed E-state index contributed by atoms with van der Waals surface area (Å²) in [7, 11) is 0. The number of nitrogens with zero attached hydrogens (tertiary/aromatic N) is 4. The fourth-order valence-electron chi connectivity index (χ4n) is 4.14. The average Bonchev–Trinajstić information content (AvgIpc) is 3.10. The predicted molar refractivity (Wildman–Crippen MR) is 115 cm³/mol. The van der Waals surface area contributed by atoms with Crippen LogP contribution in [0.4, 0.5) is 0 Å². The van der Waals surface area contributed by atoms with Crippen LogP contribution >= 0.6 is 0 Å². The molecule has 2 aliphatic rings. The summed E-state index contributed by atoms with van der Waals surface area (Å²) in [5.74, 6) is 1.69. The molecule has 3 aromatic rings. The van der Waals surface area contributed by atoms with Crippen molar-refractivity contribution < 1.29 is 9.53 Å². The lowest BCUT2D eigenvalue weighted by atomic mass is 10.0. The van der Waals surface area contributed by atoms with E-state index in [9.17, 15) is 4.79 Å². The molecule has 0 spiro atoms. The van der Waals surface area contributed by atoms with Crippen molar-refractivity contribution in [3.05, 3.63) is 36.4 Å². The van der Waals surface area contributed by atoms with Gasteiger partial charge in [0.25, 0.3) is 0 Å². The number of fused-ring (bicyclic) bond motifs is 1. The third kappa shape index (κ3) is 3.46. The van der Waals surface area contributed by atoms with Crippen LogP contribution in [0.2, 0.25) is 0 Å². The van der Waals surface area contributed by atoms with E-state index < -0.39 is 0 Å². The molecule has 1 amide bonds. The molecule has 3 aromatic heterocycles. The minimum absolute atomic E-state index is 0.0674. The summed E-state index contributed by atoms with van der Waals surface area (Å²) >= 11 is 0. The summed E-state index contributed by atoms with van der Waals surface area (Å²) in [5.41, 5.74) is 4.28. The number of carbonyl (C=O) groups excluding carboxylic acids is 1. The van der Waals surface area contributed by atoms with Gasteiger partial charge in [-0.15, -0.1) is 0 Å². The van der Waals surface area contributed by atoms with Crippen molar-refractivity contribution in [3.63, 3.8) is 0 Å². The average molecular weight is 408 g/mol. The molecular formula is C23H29N5O2. The van der Waals surface area contributed by atoms with Gasteiger partial charge >= 0.3 is 0 Å². The van der Waals surface area contributed by atoms with E-state index in [1.54, 1.807) is 0 Å². The van der Waals surface area contributed by atoms with Crippen LogP contribution in [0.3, 0.4) is 0 Å². The van der Waals surface area contributed by atoms with E-state index >= 15 is 0 Å². The lowest BCUT2D eigenvalue weighted by Gasteiger charge is -2.21. The fourth-order valence-corrected chi connectivity index (χ4v) is 4.14. The standard InChI is InChI=1S/C23H29N5O2/c1-14(16-8-21(29)24-9-16)30-20-7-17(18-10-26-28(13-18)23(2,3)4)12-27-22(20)19(11-25-27)15-5-6-15/h7,10-16H,5-6,8-9H2,1-4H3,(H,24,29). The van der Waals surface area contributed by atoms with Gasteiger partial charge in [0.15, 0.2) is 0 Å². The minimum Gasteiger partial charge on any atom is -0.488 e. The number of rotatable bonds is 5. The molecule has 30 heavy (non-hydrogen) atoms. The van der Waals surface area contributed by atoms with E-state index in [1.165, 1.54) is 18.4 Å². The molecule has 5 rings (SSSR count). The second-order valence-electron chi connectivity index (χ2n) is 9.70. The third-order valence-electron chi connectivity index (χ3n) is 6.21. The number of aromatic nitrogens is 4. The van der Waals surface area contributed by atoms with Gasteiger partial charge in [-0.3, -0.25) is 9.48 Å². The van der Waals surface area contributed by atoms with Crippen LogP contribution in [-0.4, -0.2) is 38.0 Å². The molecule has 7 heteroatoms. The molecule has 7 nitrogen and oxygen atoms in total. The van der Waals surface area contributed by atoms with Crippen molar-refractivity contribution in [2.45, 2.75) is 64.5 Å². The van der Waals surface area contributed by atoms with Gasteiger partial charge in [-0.05, 0) is 52.5 Å². The molecule has 2 fully saturated rings. The van der Waals surface area contributed by atoms with Gasteiger partial charge in [-0.25, -0.2) is 4.52 Å². The molecule has 1 aliphatic carbocycles. The van der Waals surface area contributed by atoms with Crippen LogP contribution in [0.5, 0.6) is 5.75 Å². The molecular weight excluding hydrogens is 378 g/mol. The zero-order valence-corrected chi connectivity index (χ0v) is 18.1. The number of ether oxygens (including phenoxy) is 1. The number of nitrogens with one attached hydrogen (secondary N) is 1. The van der Waals surface area contributed by atoms with Crippen molar-refractivity contribution in [1.29, 1.82) is 0 Å². The van der Waals surface area contributed by atoms with Crippen LogP contribution in [0, 0.1) is 5.92 Å². The SMILES string of the molecule is CC(Oc1cc(-c2cnn(C(C)(C)C)c2)cn2ncc(C3CC3)c12)C1CNC(=O)C1. The summed E-state index contributed by atoms with van der Waals surface area (Å²) in [6.07, 6.45) is 10.9. The van der Waals surface area contributed by atoms with Gasteiger partial charge < -0.3 is 10.1 Å². The Kier molecular flexibility index (Phi) is 4.38. The maximum Gasteiger partial charge on any atom is 0.220 e. The van der Waals surface area contributed by atoms with Crippen molar-refractivity contribution in [1.82, 2.24) is 24.7 Å². The topological polar surface area (TPSA) is 73.5 Å². The van der Waals surface area contributed by atoms with Gasteiger partial charge in [0.1, 0.15) is 17.4 Å². The lowest BCUT2D eigenvalue weighted by Crippen LogP contribution is -2.25. The third-order valence-corrected chi connectivity index (χ3v) is 6.21. The molecule has 1 N–H and O–H groups in total. The van der Waals surface area contributed by atoms with Crippen molar-refractivity contribution in [2.75, 3.05) is 6.54 Å². The second kappa shape index (κ2) is 6.86. The molecule has 1 aliphatic heterocycles. The molecule has 2 atom stereocenters. The van der Waals surface area contributed by atoms with E-state index in [1.807, 2.05) is 21.6 Å². The van der Waals surface area contributed by atoms with Gasteiger partial charge in [0.2, 0.25) is 5.91 Å². The highest BCUT2D eigenvalue weighted by Gasteiger charge is 2.31. The monoisotopic (exact) mass is 407 g/mol. The number of pyridine rings is 1. The zero-order valence-electron chi connectivity index (χ0n) is 18.1. The molecule has 4 heterocycles. The number of hydrogen-bond acceptors (Lipinski definition) is 4. The maximum atomic E-state index is 11.7. The smallest absolute Gasteiger partial charge is 0.220 e. The predicted octanol–water partition coefficient (Wildman–Crippen LogP) is 3.73. The Balaban J connectivity index is 1.55. The highest BCUT2D eigenvalue weighted by atomic mass is 16.5. The molecule has 1 saturated heterocycles. The first-order chi connectivity index (χ1) is 14.3. The summed E-state index contributed by atoms with van der Waals surface area (Å²) in [6.45, 7) is 9.13. The minimum atomic E-state index is -0.0803. The first-order valence-corrected chi connectivity index (χ1v) is 10.8. The molecule has 0 bridgehead atoms. The van der Waals surface area contributed by atoms with Crippen LogP contribution in [0.25, 0.3) is 16.6 Å². The van der Waals surface area contributed by atoms with Crippen LogP contribution < -0.4 is 10.1 Å². The highest BCUT2D eigenvalue weighted by molar-refractivity contribution is 5.78. The second-order valence-corrected chi connectivity index (χ2v) is 9.70. The Hall–Kier alpha value is -2.83. The van der Waals surface area contributed by atoms with E-state index in [4.69, 9.17) is 4.74 Å². The molecule has 2 unspecified atom stereocenters. The number of amides is 1. The summed E-state index contributed by atoms with van der Waals surface area (Å²) in [5, 5.41) is 12.1. The van der Waals surface area contributed by atoms with Crippen molar-refractivity contribution in [3.8, 4) is 16.9 Å². The number of carbonyl (C=O) groups is 1. The van der Waals surface area contributed by atoms with Gasteiger partial charge in [0, 0.05) is 48.0 Å². The highest BCUT2D eigenvalue weighted by Crippen LogP contribution is 2.44. The molecule has 0 aromatic carbocycles. The van der Waals surface area contributed by atoms with E-state index in [2.05, 4.69) is 61.7 Å². The fraction of sp³-hybridized carbons (Fsp3) is 0.522. The Morgan fingerprint density at radius 3 is 2.60 bits per heavy atom. The first kappa shape index (κ1) is 19.2. The van der Waals surface area contributed by atoms with Crippen LogP contribution in [0.1, 0.15) is 58.4 Å². The first-order valence-electron chi connectivity index (χ1n) is 10.8. The van der Waals surface area contributed by atoms with Gasteiger partial charge in [-0.1, -0.05) is 0 Å². The molecule has 0 radical (unpaired) electrons. The Labute approximate surface area is 176 Å². The van der Waals surface area contributed by atoms with E-state index in [0.29, 0.717) is 18.9 Å². The molecule has 158 valence electrons.